The maximum Gasteiger partial charge on any atom is 0.194 e. The molecule has 1 saturated heterocycles. The normalized spacial score (nSPS) is 25.4. The Hall–Kier alpha value is -2.15. The van der Waals surface area contributed by atoms with Crippen LogP contribution in [-0.2, 0) is 10.5 Å². The van der Waals surface area contributed by atoms with Crippen molar-refractivity contribution in [2.24, 2.45) is 0 Å². The Bertz CT molecular complexity index is 1100. The number of hydrogen-bond donors (Lipinski definition) is 3. The second-order valence-corrected chi connectivity index (χ2v) is 9.00. The predicted molar refractivity (Wildman–Crippen MR) is 115 cm³/mol. The second-order valence-electron chi connectivity index (χ2n) is 7.47. The number of thioether (sulfide) groups is 1. The Balaban J connectivity index is 1.57. The van der Waals surface area contributed by atoms with Crippen LogP contribution in [0, 0.1) is 17.5 Å². The average molecular weight is 502 g/mol. The van der Waals surface area contributed by atoms with Crippen molar-refractivity contribution < 1.29 is 33.2 Å². The third kappa shape index (κ3) is 5.03. The zero-order chi connectivity index (χ0) is 23.7. The van der Waals surface area contributed by atoms with Crippen molar-refractivity contribution in [3.05, 3.63) is 70.6 Å². The van der Waals surface area contributed by atoms with Gasteiger partial charge in [0.2, 0.25) is 0 Å². The first-order valence-electron chi connectivity index (χ1n) is 9.83. The SMILES string of the molecule is OC[C@H]1O[C@H](SCc2ccc(Cl)cc2)[C@H](O)[C@@H](n2cc(-c3cc(F)c(F)c(F)c3)nn2)[C@H]1O. The number of aromatic nitrogens is 3. The van der Waals surface area contributed by atoms with Crippen molar-refractivity contribution in [3.8, 4) is 11.3 Å². The molecule has 0 aliphatic carbocycles. The molecule has 33 heavy (non-hydrogen) atoms. The average Bonchev–Trinajstić information content (AvgIpc) is 3.27. The van der Waals surface area contributed by atoms with Gasteiger partial charge in [0.15, 0.2) is 17.5 Å². The van der Waals surface area contributed by atoms with E-state index in [2.05, 4.69) is 10.3 Å². The first-order valence-corrected chi connectivity index (χ1v) is 11.3. The van der Waals surface area contributed by atoms with Gasteiger partial charge in [-0.15, -0.1) is 16.9 Å². The maximum atomic E-state index is 13.6. The fourth-order valence-electron chi connectivity index (χ4n) is 3.54. The lowest BCUT2D eigenvalue weighted by Crippen LogP contribution is -2.55. The van der Waals surface area contributed by atoms with Gasteiger partial charge in [-0.2, -0.15) is 0 Å². The number of benzene rings is 2. The topological polar surface area (TPSA) is 101 Å². The Kier molecular flexibility index (Phi) is 7.27. The molecule has 7 nitrogen and oxygen atoms in total. The van der Waals surface area contributed by atoms with Gasteiger partial charge in [-0.1, -0.05) is 28.9 Å². The van der Waals surface area contributed by atoms with Crippen molar-refractivity contribution in [2.75, 3.05) is 6.61 Å². The Morgan fingerprint density at radius 2 is 1.73 bits per heavy atom. The van der Waals surface area contributed by atoms with E-state index in [0.717, 1.165) is 22.4 Å². The quantitative estimate of drug-likeness (QED) is 0.446. The minimum absolute atomic E-state index is 0.00427. The molecule has 0 radical (unpaired) electrons. The molecule has 2 aromatic carbocycles. The van der Waals surface area contributed by atoms with E-state index in [1.807, 2.05) is 12.1 Å². The van der Waals surface area contributed by atoms with E-state index in [0.29, 0.717) is 10.8 Å². The molecule has 0 bridgehead atoms. The van der Waals surface area contributed by atoms with Gasteiger partial charge in [0.1, 0.15) is 35.5 Å². The second kappa shape index (κ2) is 10.00. The summed E-state index contributed by atoms with van der Waals surface area (Å²) in [5.41, 5.74) is 0.0251. The molecule has 1 aliphatic heterocycles. The Morgan fingerprint density at radius 3 is 2.36 bits per heavy atom. The third-order valence-electron chi connectivity index (χ3n) is 5.27. The number of hydrogen-bond acceptors (Lipinski definition) is 7. The van der Waals surface area contributed by atoms with Gasteiger partial charge in [-0.25, -0.2) is 17.9 Å². The molecule has 176 valence electrons. The highest BCUT2D eigenvalue weighted by Gasteiger charge is 2.46. The Labute approximate surface area is 195 Å². The molecule has 0 unspecified atom stereocenters. The van der Waals surface area contributed by atoms with Crippen LogP contribution in [0.3, 0.4) is 0 Å². The standard InChI is InChI=1S/C21H19ClF3N3O4S/c22-12-3-1-10(2-4-12)9-33-21-20(31)18(19(30)16(8-29)32-21)28-7-15(26-27-28)11-5-13(23)17(25)14(24)6-11/h1-7,16,18-21,29-31H,8-9H2/t16-,18+,19+,20-,21-/m1/s1. The minimum Gasteiger partial charge on any atom is -0.394 e. The van der Waals surface area contributed by atoms with Gasteiger partial charge in [0, 0.05) is 16.3 Å². The van der Waals surface area contributed by atoms with Crippen LogP contribution in [0.1, 0.15) is 11.6 Å². The number of rotatable bonds is 6. The molecule has 1 fully saturated rings. The summed E-state index contributed by atoms with van der Waals surface area (Å²) < 4.78 is 47.3. The molecule has 0 amide bonds. The third-order valence-corrected chi connectivity index (χ3v) is 6.74. The summed E-state index contributed by atoms with van der Waals surface area (Å²) in [6.07, 6.45) is -2.37. The molecular formula is C21H19ClF3N3O4S. The van der Waals surface area contributed by atoms with Crippen molar-refractivity contribution in [2.45, 2.75) is 35.5 Å². The van der Waals surface area contributed by atoms with Crippen molar-refractivity contribution in [3.63, 3.8) is 0 Å². The van der Waals surface area contributed by atoms with Gasteiger partial charge >= 0.3 is 0 Å². The van der Waals surface area contributed by atoms with Crippen LogP contribution < -0.4 is 0 Å². The van der Waals surface area contributed by atoms with Crippen LogP contribution in [-0.4, -0.2) is 60.7 Å². The highest BCUT2D eigenvalue weighted by molar-refractivity contribution is 7.99. The van der Waals surface area contributed by atoms with Gasteiger partial charge in [-0.05, 0) is 29.8 Å². The molecule has 1 aromatic heterocycles. The molecule has 0 saturated carbocycles. The minimum atomic E-state index is -1.60. The van der Waals surface area contributed by atoms with E-state index in [1.165, 1.54) is 18.0 Å². The zero-order valence-electron chi connectivity index (χ0n) is 16.9. The largest absolute Gasteiger partial charge is 0.394 e. The maximum absolute atomic E-state index is 13.6. The molecule has 0 spiro atoms. The number of halogens is 4. The van der Waals surface area contributed by atoms with Crippen LogP contribution in [0.2, 0.25) is 5.02 Å². The molecule has 2 heterocycles. The molecular weight excluding hydrogens is 483 g/mol. The highest BCUT2D eigenvalue weighted by Crippen LogP contribution is 2.36. The summed E-state index contributed by atoms with van der Waals surface area (Å²) in [7, 11) is 0. The summed E-state index contributed by atoms with van der Waals surface area (Å²) in [5, 5.41) is 39.5. The van der Waals surface area contributed by atoms with Gasteiger partial charge in [-0.3, -0.25) is 0 Å². The van der Waals surface area contributed by atoms with E-state index < -0.39 is 53.8 Å². The monoisotopic (exact) mass is 501 g/mol. The number of aliphatic hydroxyl groups is 3. The fraction of sp³-hybridized carbons (Fsp3) is 0.333. The summed E-state index contributed by atoms with van der Waals surface area (Å²) in [6.45, 7) is -0.516. The van der Waals surface area contributed by atoms with Crippen LogP contribution in [0.4, 0.5) is 13.2 Å². The first kappa shape index (κ1) is 24.0. The fourth-order valence-corrected chi connectivity index (χ4v) is 4.79. The molecule has 3 aromatic rings. The molecule has 12 heteroatoms. The number of ether oxygens (including phenoxy) is 1. The van der Waals surface area contributed by atoms with Crippen molar-refractivity contribution in [1.82, 2.24) is 15.0 Å². The zero-order valence-corrected chi connectivity index (χ0v) is 18.4. The van der Waals surface area contributed by atoms with Crippen molar-refractivity contribution in [1.29, 1.82) is 0 Å². The summed E-state index contributed by atoms with van der Waals surface area (Å²) in [6, 6.07) is 7.58. The van der Waals surface area contributed by atoms with Crippen molar-refractivity contribution >= 4 is 23.4 Å². The lowest BCUT2D eigenvalue weighted by molar-refractivity contribution is -0.178. The van der Waals surface area contributed by atoms with Gasteiger partial charge in [0.25, 0.3) is 0 Å². The molecule has 3 N–H and O–H groups in total. The van der Waals surface area contributed by atoms with E-state index in [1.54, 1.807) is 12.1 Å². The number of aliphatic hydroxyl groups excluding tert-OH is 3. The summed E-state index contributed by atoms with van der Waals surface area (Å²) >= 11 is 7.15. The van der Waals surface area contributed by atoms with E-state index >= 15 is 0 Å². The first-order chi connectivity index (χ1) is 15.8. The van der Waals surface area contributed by atoms with E-state index in [9.17, 15) is 28.5 Å². The van der Waals surface area contributed by atoms with Crippen LogP contribution in [0.25, 0.3) is 11.3 Å². The Morgan fingerprint density at radius 1 is 1.06 bits per heavy atom. The van der Waals surface area contributed by atoms with E-state index in [-0.39, 0.29) is 11.3 Å². The van der Waals surface area contributed by atoms with Crippen LogP contribution >= 0.6 is 23.4 Å². The number of nitrogens with zero attached hydrogens (tertiary/aromatic N) is 3. The van der Waals surface area contributed by atoms with Crippen LogP contribution in [0.15, 0.2) is 42.6 Å². The molecule has 1 aliphatic rings. The predicted octanol–water partition coefficient (Wildman–Crippen LogP) is 2.93. The lowest BCUT2D eigenvalue weighted by Gasteiger charge is -2.41. The molecule has 5 atom stereocenters. The smallest absolute Gasteiger partial charge is 0.194 e. The van der Waals surface area contributed by atoms with Gasteiger partial charge in [0.05, 0.1) is 12.8 Å². The lowest BCUT2D eigenvalue weighted by atomic mass is 9.97. The van der Waals surface area contributed by atoms with Gasteiger partial charge < -0.3 is 20.1 Å². The highest BCUT2D eigenvalue weighted by atomic mass is 35.5. The summed E-state index contributed by atoms with van der Waals surface area (Å²) in [5.74, 6) is -3.92. The molecule has 4 rings (SSSR count). The van der Waals surface area contributed by atoms with Crippen LogP contribution in [0.5, 0.6) is 0 Å². The summed E-state index contributed by atoms with van der Waals surface area (Å²) in [4.78, 5) is 0. The van der Waals surface area contributed by atoms with E-state index in [4.69, 9.17) is 16.3 Å².